The van der Waals surface area contributed by atoms with Crippen LogP contribution in [0.15, 0.2) is 0 Å². The van der Waals surface area contributed by atoms with E-state index < -0.39 is 0 Å². The lowest BCUT2D eigenvalue weighted by Crippen LogP contribution is -2.45. The predicted molar refractivity (Wildman–Crippen MR) is 52.3 cm³/mol. The van der Waals surface area contributed by atoms with Gasteiger partial charge in [-0.15, -0.1) is 0 Å². The van der Waals surface area contributed by atoms with E-state index in [9.17, 15) is 4.79 Å². The minimum absolute atomic E-state index is 0.164. The van der Waals surface area contributed by atoms with E-state index in [-0.39, 0.29) is 11.9 Å². The van der Waals surface area contributed by atoms with Crippen LogP contribution in [0, 0.1) is 0 Å². The van der Waals surface area contributed by atoms with Crippen LogP contribution in [0.1, 0.15) is 19.8 Å². The second-order valence-electron chi connectivity index (χ2n) is 3.81. The zero-order valence-electron chi connectivity index (χ0n) is 8.42. The first kappa shape index (κ1) is 10.5. The number of nitrogens with one attached hydrogen (secondary N) is 1. The molecule has 76 valence electrons. The van der Waals surface area contributed by atoms with Crippen LogP contribution < -0.4 is 11.1 Å². The highest BCUT2D eigenvalue weighted by Crippen LogP contribution is 2.07. The molecule has 0 radical (unpaired) electrons. The van der Waals surface area contributed by atoms with Gasteiger partial charge >= 0.3 is 0 Å². The van der Waals surface area contributed by atoms with E-state index in [1.54, 1.807) is 0 Å². The van der Waals surface area contributed by atoms with Crippen LogP contribution in [-0.2, 0) is 4.79 Å². The molecule has 13 heavy (non-hydrogen) atoms. The Hall–Kier alpha value is -0.610. The van der Waals surface area contributed by atoms with Crippen molar-refractivity contribution in [3.8, 4) is 0 Å². The van der Waals surface area contributed by atoms with Gasteiger partial charge in [-0.05, 0) is 33.4 Å². The Kier molecular flexibility index (Phi) is 3.69. The van der Waals surface area contributed by atoms with Crippen molar-refractivity contribution in [3.05, 3.63) is 0 Å². The molecule has 1 fully saturated rings. The zero-order chi connectivity index (χ0) is 9.84. The van der Waals surface area contributed by atoms with Gasteiger partial charge in [0.1, 0.15) is 0 Å². The molecule has 0 aromatic rings. The Labute approximate surface area is 79.5 Å². The van der Waals surface area contributed by atoms with Gasteiger partial charge in [-0.25, -0.2) is 0 Å². The van der Waals surface area contributed by atoms with Crippen LogP contribution >= 0.6 is 0 Å². The first-order valence-electron chi connectivity index (χ1n) is 4.84. The third-order valence-electron chi connectivity index (χ3n) is 2.74. The Bertz CT molecular complexity index is 178. The van der Waals surface area contributed by atoms with Gasteiger partial charge in [0, 0.05) is 12.6 Å². The van der Waals surface area contributed by atoms with Gasteiger partial charge in [0.15, 0.2) is 0 Å². The summed E-state index contributed by atoms with van der Waals surface area (Å²) in [4.78, 5) is 12.9. The first-order valence-corrected chi connectivity index (χ1v) is 4.84. The minimum atomic E-state index is -0.250. The molecule has 0 aromatic heterocycles. The molecular formula is C9H19N3O. The Morgan fingerprint density at radius 3 is 2.92 bits per heavy atom. The summed E-state index contributed by atoms with van der Waals surface area (Å²) in [5.74, 6) is -0.250. The maximum absolute atomic E-state index is 10.9. The second kappa shape index (κ2) is 4.58. The van der Waals surface area contributed by atoms with E-state index >= 15 is 0 Å². The molecule has 0 saturated carbocycles. The van der Waals surface area contributed by atoms with Gasteiger partial charge in [0.2, 0.25) is 5.91 Å². The molecule has 1 rings (SSSR count). The number of amides is 1. The lowest BCUT2D eigenvalue weighted by molar-refractivity contribution is -0.122. The molecular weight excluding hydrogens is 166 g/mol. The number of rotatable bonds is 4. The number of nitrogens with two attached hydrogens (primary N) is 1. The summed E-state index contributed by atoms with van der Waals surface area (Å²) in [6.45, 7) is 3.85. The van der Waals surface area contributed by atoms with E-state index in [1.807, 2.05) is 18.9 Å². The molecule has 0 aromatic carbocycles. The topological polar surface area (TPSA) is 58.4 Å². The van der Waals surface area contributed by atoms with Crippen LogP contribution in [0.4, 0.5) is 0 Å². The summed E-state index contributed by atoms with van der Waals surface area (Å²) in [7, 11) is 1.94. The summed E-state index contributed by atoms with van der Waals surface area (Å²) >= 11 is 0. The monoisotopic (exact) mass is 185 g/mol. The fourth-order valence-electron chi connectivity index (χ4n) is 1.64. The molecule has 1 amide bonds. The molecule has 1 aliphatic heterocycles. The summed E-state index contributed by atoms with van der Waals surface area (Å²) in [6.07, 6.45) is 2.44. The van der Waals surface area contributed by atoms with Gasteiger partial charge in [0.05, 0.1) is 6.04 Å². The molecule has 1 heterocycles. The van der Waals surface area contributed by atoms with Crippen molar-refractivity contribution < 1.29 is 4.79 Å². The van der Waals surface area contributed by atoms with Crippen molar-refractivity contribution in [1.29, 1.82) is 0 Å². The standard InChI is InChI=1S/C9H19N3O/c1-7(9(10)13)12(2)6-8-4-3-5-11-8/h7-8,11H,3-6H2,1-2H3,(H2,10,13). The molecule has 2 unspecified atom stereocenters. The van der Waals surface area contributed by atoms with Crippen LogP contribution in [-0.4, -0.2) is 43.0 Å². The fourth-order valence-corrected chi connectivity index (χ4v) is 1.64. The number of carbonyl (C=O) groups is 1. The van der Waals surface area contributed by atoms with Crippen LogP contribution in [0.2, 0.25) is 0 Å². The third-order valence-corrected chi connectivity index (χ3v) is 2.74. The van der Waals surface area contributed by atoms with Crippen molar-refractivity contribution in [2.75, 3.05) is 20.1 Å². The van der Waals surface area contributed by atoms with Crippen LogP contribution in [0.5, 0.6) is 0 Å². The fraction of sp³-hybridized carbons (Fsp3) is 0.889. The molecule has 3 N–H and O–H groups in total. The van der Waals surface area contributed by atoms with E-state index in [2.05, 4.69) is 5.32 Å². The number of primary amides is 1. The summed E-state index contributed by atoms with van der Waals surface area (Å²) in [6, 6.07) is 0.370. The molecule has 4 heteroatoms. The Morgan fingerprint density at radius 1 is 1.77 bits per heavy atom. The van der Waals surface area contributed by atoms with E-state index in [0.29, 0.717) is 6.04 Å². The summed E-state index contributed by atoms with van der Waals surface area (Å²) in [5, 5.41) is 3.39. The smallest absolute Gasteiger partial charge is 0.234 e. The largest absolute Gasteiger partial charge is 0.368 e. The normalized spacial score (nSPS) is 25.0. The summed E-state index contributed by atoms with van der Waals surface area (Å²) < 4.78 is 0. The van der Waals surface area contributed by atoms with E-state index in [1.165, 1.54) is 12.8 Å². The van der Waals surface area contributed by atoms with Gasteiger partial charge < -0.3 is 11.1 Å². The second-order valence-corrected chi connectivity index (χ2v) is 3.81. The lowest BCUT2D eigenvalue weighted by atomic mass is 10.2. The van der Waals surface area contributed by atoms with Gasteiger partial charge in [-0.1, -0.05) is 0 Å². The van der Waals surface area contributed by atoms with Crippen molar-refractivity contribution in [3.63, 3.8) is 0 Å². The van der Waals surface area contributed by atoms with Crippen LogP contribution in [0.3, 0.4) is 0 Å². The quantitative estimate of drug-likeness (QED) is 0.623. The minimum Gasteiger partial charge on any atom is -0.368 e. The Morgan fingerprint density at radius 2 is 2.46 bits per heavy atom. The summed E-state index contributed by atoms with van der Waals surface area (Å²) in [5.41, 5.74) is 5.21. The first-order chi connectivity index (χ1) is 6.11. The average molecular weight is 185 g/mol. The SMILES string of the molecule is CC(C(N)=O)N(C)CC1CCCN1. The molecule has 0 aliphatic carbocycles. The van der Waals surface area contributed by atoms with Crippen molar-refractivity contribution in [2.45, 2.75) is 31.8 Å². The van der Waals surface area contributed by atoms with Gasteiger partial charge in [-0.3, -0.25) is 9.69 Å². The molecule has 0 bridgehead atoms. The number of hydrogen-bond acceptors (Lipinski definition) is 3. The van der Waals surface area contributed by atoms with Crippen molar-refractivity contribution in [1.82, 2.24) is 10.2 Å². The molecule has 1 saturated heterocycles. The lowest BCUT2D eigenvalue weighted by Gasteiger charge is -2.25. The maximum Gasteiger partial charge on any atom is 0.234 e. The van der Waals surface area contributed by atoms with E-state index in [4.69, 9.17) is 5.73 Å². The number of hydrogen-bond donors (Lipinski definition) is 2. The molecule has 0 spiro atoms. The van der Waals surface area contributed by atoms with Crippen molar-refractivity contribution >= 4 is 5.91 Å². The highest BCUT2D eigenvalue weighted by Gasteiger charge is 2.20. The molecule has 2 atom stereocenters. The number of carbonyl (C=O) groups excluding carboxylic acids is 1. The zero-order valence-corrected chi connectivity index (χ0v) is 8.42. The third kappa shape index (κ3) is 2.97. The van der Waals surface area contributed by atoms with Gasteiger partial charge in [-0.2, -0.15) is 0 Å². The molecule has 1 aliphatic rings. The molecule has 4 nitrogen and oxygen atoms in total. The van der Waals surface area contributed by atoms with E-state index in [0.717, 1.165) is 13.1 Å². The predicted octanol–water partition coefficient (Wildman–Crippen LogP) is -0.456. The number of likely N-dealkylation sites (N-methyl/N-ethyl adjacent to an activating group) is 1. The maximum atomic E-state index is 10.9. The average Bonchev–Trinajstić information content (AvgIpc) is 2.55. The number of nitrogens with zero attached hydrogens (tertiary/aromatic N) is 1. The Balaban J connectivity index is 2.30. The van der Waals surface area contributed by atoms with Gasteiger partial charge in [0.25, 0.3) is 0 Å². The highest BCUT2D eigenvalue weighted by molar-refractivity contribution is 5.79. The van der Waals surface area contributed by atoms with Crippen molar-refractivity contribution in [2.24, 2.45) is 5.73 Å². The highest BCUT2D eigenvalue weighted by atomic mass is 16.1. The van der Waals surface area contributed by atoms with Crippen LogP contribution in [0.25, 0.3) is 0 Å².